The highest BCUT2D eigenvalue weighted by molar-refractivity contribution is 5.33. The van der Waals surface area contributed by atoms with Crippen LogP contribution in [0.3, 0.4) is 0 Å². The standard InChI is InChI=1S/C20H26N4/c1-16-18(12-20(13-21)23(16)2)14-22-19-8-10-24(11-9-19)15-17-6-4-3-5-7-17/h3-7,12,19,22H,8-11,14-15H2,1-2H3/p+2. The van der Waals surface area contributed by atoms with Crippen LogP contribution >= 0.6 is 0 Å². The summed E-state index contributed by atoms with van der Waals surface area (Å²) in [5.74, 6) is 0. The highest BCUT2D eigenvalue weighted by atomic mass is 15.1. The summed E-state index contributed by atoms with van der Waals surface area (Å²) in [6.45, 7) is 6.76. The molecule has 4 heteroatoms. The fourth-order valence-corrected chi connectivity index (χ4v) is 3.72. The third-order valence-corrected chi connectivity index (χ3v) is 5.46. The normalized spacial score (nSPS) is 20.7. The van der Waals surface area contributed by atoms with E-state index in [1.54, 1.807) is 4.90 Å². The minimum Gasteiger partial charge on any atom is -0.340 e. The van der Waals surface area contributed by atoms with E-state index in [1.165, 1.54) is 42.8 Å². The number of nitrogens with one attached hydrogen (secondary N) is 1. The second-order valence-corrected chi connectivity index (χ2v) is 7.00. The van der Waals surface area contributed by atoms with E-state index < -0.39 is 0 Å². The fraction of sp³-hybridized carbons (Fsp3) is 0.450. The predicted octanol–water partition coefficient (Wildman–Crippen LogP) is 0.516. The predicted molar refractivity (Wildman–Crippen MR) is 94.4 cm³/mol. The third-order valence-electron chi connectivity index (χ3n) is 5.46. The number of benzene rings is 1. The summed E-state index contributed by atoms with van der Waals surface area (Å²) in [5, 5.41) is 11.6. The van der Waals surface area contributed by atoms with Crippen LogP contribution in [0.1, 0.15) is 35.4 Å². The van der Waals surface area contributed by atoms with Gasteiger partial charge in [-0.25, -0.2) is 0 Å². The molecule has 0 aliphatic carbocycles. The highest BCUT2D eigenvalue weighted by Gasteiger charge is 2.24. The summed E-state index contributed by atoms with van der Waals surface area (Å²) >= 11 is 0. The number of quaternary nitrogens is 2. The molecule has 126 valence electrons. The Morgan fingerprint density at radius 3 is 2.58 bits per heavy atom. The van der Waals surface area contributed by atoms with E-state index in [0.717, 1.165) is 24.8 Å². The number of likely N-dealkylation sites (tertiary alicyclic amines) is 1. The van der Waals surface area contributed by atoms with Gasteiger partial charge in [-0.3, -0.25) is 0 Å². The van der Waals surface area contributed by atoms with Crippen molar-refractivity contribution >= 4 is 0 Å². The number of aromatic nitrogens is 1. The molecule has 1 aromatic carbocycles. The Morgan fingerprint density at radius 2 is 1.96 bits per heavy atom. The van der Waals surface area contributed by atoms with Crippen molar-refractivity contribution in [2.45, 2.75) is 38.9 Å². The molecule has 1 aromatic heterocycles. The molecule has 0 spiro atoms. The van der Waals surface area contributed by atoms with Crippen molar-refractivity contribution in [2.24, 2.45) is 7.05 Å². The molecule has 0 radical (unpaired) electrons. The topological polar surface area (TPSA) is 49.8 Å². The number of hydrogen-bond donors (Lipinski definition) is 2. The van der Waals surface area contributed by atoms with Gasteiger partial charge in [0.15, 0.2) is 0 Å². The van der Waals surface area contributed by atoms with Gasteiger partial charge in [0.2, 0.25) is 0 Å². The molecular weight excluding hydrogens is 296 g/mol. The minimum atomic E-state index is 0.717. The number of nitriles is 1. The maximum atomic E-state index is 9.14. The Kier molecular flexibility index (Phi) is 5.34. The molecular formula is C20H28N4+2. The molecule has 1 saturated heterocycles. The molecule has 4 nitrogen and oxygen atoms in total. The van der Waals surface area contributed by atoms with Crippen LogP contribution < -0.4 is 10.2 Å². The molecule has 2 aromatic rings. The SMILES string of the molecule is Cc1c(C[NH2+]C2CC[NH+](Cc3ccccc3)CC2)cc(C#N)n1C. The van der Waals surface area contributed by atoms with E-state index in [2.05, 4.69) is 48.6 Å². The second-order valence-electron chi connectivity index (χ2n) is 7.00. The lowest BCUT2D eigenvalue weighted by Crippen LogP contribution is -3.13. The molecule has 0 atom stereocenters. The van der Waals surface area contributed by atoms with Gasteiger partial charge < -0.3 is 14.8 Å². The lowest BCUT2D eigenvalue weighted by atomic mass is 10.0. The summed E-state index contributed by atoms with van der Waals surface area (Å²) in [6.07, 6.45) is 2.55. The van der Waals surface area contributed by atoms with Crippen molar-refractivity contribution in [3.05, 3.63) is 58.9 Å². The van der Waals surface area contributed by atoms with Gasteiger partial charge in [0.25, 0.3) is 0 Å². The molecule has 0 bridgehead atoms. The monoisotopic (exact) mass is 324 g/mol. The van der Waals surface area contributed by atoms with E-state index in [9.17, 15) is 0 Å². The molecule has 1 aliphatic heterocycles. The number of nitrogens with zero attached hydrogens (tertiary/aromatic N) is 2. The van der Waals surface area contributed by atoms with Crippen LogP contribution in [0, 0.1) is 18.3 Å². The van der Waals surface area contributed by atoms with Crippen LogP contribution in [0.2, 0.25) is 0 Å². The van der Waals surface area contributed by atoms with E-state index in [4.69, 9.17) is 5.26 Å². The maximum absolute atomic E-state index is 9.14. The highest BCUT2D eigenvalue weighted by Crippen LogP contribution is 2.12. The maximum Gasteiger partial charge on any atom is 0.120 e. The van der Waals surface area contributed by atoms with E-state index in [-0.39, 0.29) is 0 Å². The number of rotatable bonds is 5. The summed E-state index contributed by atoms with van der Waals surface area (Å²) in [7, 11) is 1.98. The molecule has 1 aliphatic rings. The Hall–Kier alpha value is -2.09. The average molecular weight is 324 g/mol. The molecule has 2 heterocycles. The van der Waals surface area contributed by atoms with Crippen molar-refractivity contribution in [2.75, 3.05) is 13.1 Å². The first kappa shape index (κ1) is 16.8. The molecule has 1 fully saturated rings. The number of nitrogens with two attached hydrogens (primary N) is 1. The Bertz CT molecular complexity index is 703. The third kappa shape index (κ3) is 3.87. The number of piperidine rings is 1. The van der Waals surface area contributed by atoms with Gasteiger partial charge in [-0.05, 0) is 13.0 Å². The molecule has 3 rings (SSSR count). The lowest BCUT2D eigenvalue weighted by Gasteiger charge is -2.28. The van der Waals surface area contributed by atoms with Gasteiger partial charge in [-0.1, -0.05) is 30.3 Å². The van der Waals surface area contributed by atoms with Crippen LogP contribution in [0.5, 0.6) is 0 Å². The zero-order valence-electron chi connectivity index (χ0n) is 14.8. The van der Waals surface area contributed by atoms with Crippen molar-refractivity contribution in [1.82, 2.24) is 4.57 Å². The van der Waals surface area contributed by atoms with Gasteiger partial charge >= 0.3 is 0 Å². The largest absolute Gasteiger partial charge is 0.340 e. The van der Waals surface area contributed by atoms with E-state index in [1.807, 2.05) is 17.7 Å². The lowest BCUT2D eigenvalue weighted by molar-refractivity contribution is -0.926. The van der Waals surface area contributed by atoms with Gasteiger partial charge in [0.05, 0.1) is 19.1 Å². The summed E-state index contributed by atoms with van der Waals surface area (Å²) < 4.78 is 2.00. The van der Waals surface area contributed by atoms with Crippen LogP contribution in [0.4, 0.5) is 0 Å². The smallest absolute Gasteiger partial charge is 0.120 e. The van der Waals surface area contributed by atoms with E-state index in [0.29, 0.717) is 0 Å². The second kappa shape index (κ2) is 7.65. The zero-order valence-corrected chi connectivity index (χ0v) is 14.8. The summed E-state index contributed by atoms with van der Waals surface area (Å²) in [4.78, 5) is 1.70. The average Bonchev–Trinajstić information content (AvgIpc) is 2.90. The van der Waals surface area contributed by atoms with Crippen molar-refractivity contribution in [3.8, 4) is 6.07 Å². The Morgan fingerprint density at radius 1 is 1.25 bits per heavy atom. The molecule has 24 heavy (non-hydrogen) atoms. The molecule has 0 saturated carbocycles. The quantitative estimate of drug-likeness (QED) is 0.828. The first-order chi connectivity index (χ1) is 11.7. The van der Waals surface area contributed by atoms with Crippen molar-refractivity contribution in [3.63, 3.8) is 0 Å². The Balaban J connectivity index is 1.47. The van der Waals surface area contributed by atoms with Crippen LogP contribution in [0.15, 0.2) is 36.4 Å². The van der Waals surface area contributed by atoms with Crippen LogP contribution in [-0.2, 0) is 20.1 Å². The first-order valence-corrected chi connectivity index (χ1v) is 8.93. The van der Waals surface area contributed by atoms with Gasteiger partial charge in [0, 0.05) is 36.7 Å². The molecule has 0 amide bonds. The van der Waals surface area contributed by atoms with Gasteiger partial charge in [0.1, 0.15) is 24.9 Å². The van der Waals surface area contributed by atoms with Crippen LogP contribution in [0.25, 0.3) is 0 Å². The van der Waals surface area contributed by atoms with Crippen molar-refractivity contribution in [1.29, 1.82) is 5.26 Å². The number of hydrogen-bond acceptors (Lipinski definition) is 1. The molecule has 0 unspecified atom stereocenters. The van der Waals surface area contributed by atoms with Gasteiger partial charge in [-0.15, -0.1) is 0 Å². The fourth-order valence-electron chi connectivity index (χ4n) is 3.72. The zero-order chi connectivity index (χ0) is 16.9. The van der Waals surface area contributed by atoms with Gasteiger partial charge in [-0.2, -0.15) is 5.26 Å². The van der Waals surface area contributed by atoms with Crippen LogP contribution in [-0.4, -0.2) is 23.7 Å². The molecule has 3 N–H and O–H groups in total. The summed E-state index contributed by atoms with van der Waals surface area (Å²) in [5.41, 5.74) is 4.72. The first-order valence-electron chi connectivity index (χ1n) is 8.93. The summed E-state index contributed by atoms with van der Waals surface area (Å²) in [6, 6.07) is 15.8. The Labute approximate surface area is 144 Å². The van der Waals surface area contributed by atoms with Crippen molar-refractivity contribution < 1.29 is 10.2 Å². The van der Waals surface area contributed by atoms with E-state index >= 15 is 0 Å². The minimum absolute atomic E-state index is 0.717.